The Hall–Kier alpha value is -0.613. The summed E-state index contributed by atoms with van der Waals surface area (Å²) in [5.74, 6) is 1.10. The minimum Gasteiger partial charge on any atom is -0.458 e. The number of hydrogen-bond donors (Lipinski definition) is 0. The zero-order valence-corrected chi connectivity index (χ0v) is 16.3. The quantitative estimate of drug-likeness (QED) is 0.562. The van der Waals surface area contributed by atoms with Crippen molar-refractivity contribution >= 4 is 14.3 Å². The predicted octanol–water partition coefficient (Wildman–Crippen LogP) is 4.54. The molecule has 3 nitrogen and oxygen atoms in total. The highest BCUT2D eigenvalue weighted by Gasteiger charge is 2.41. The molecule has 0 saturated heterocycles. The lowest BCUT2D eigenvalue weighted by molar-refractivity contribution is -0.136. The van der Waals surface area contributed by atoms with Crippen molar-refractivity contribution in [2.45, 2.75) is 65.6 Å². The summed E-state index contributed by atoms with van der Waals surface area (Å²) in [6.45, 7) is 17.1. The number of ether oxygens (including phenoxy) is 1. The van der Waals surface area contributed by atoms with Crippen molar-refractivity contribution in [2.24, 2.45) is 17.8 Å². The number of rotatable bonds is 4. The van der Waals surface area contributed by atoms with E-state index in [-0.39, 0.29) is 11.0 Å². The number of carbonyl (C=O) groups is 1. The van der Waals surface area contributed by atoms with Crippen molar-refractivity contribution in [1.82, 2.24) is 0 Å². The summed E-state index contributed by atoms with van der Waals surface area (Å²) in [6, 6.07) is 0. The van der Waals surface area contributed by atoms with Crippen LogP contribution in [0, 0.1) is 17.8 Å². The second-order valence-electron chi connectivity index (χ2n) is 8.65. The van der Waals surface area contributed by atoms with Gasteiger partial charge in [-0.15, -0.1) is 0 Å². The van der Waals surface area contributed by atoms with Crippen LogP contribution in [-0.4, -0.2) is 27.5 Å². The van der Waals surface area contributed by atoms with Crippen LogP contribution in [0.2, 0.25) is 18.1 Å². The van der Waals surface area contributed by atoms with Gasteiger partial charge in [-0.2, -0.15) is 0 Å². The average molecular weight is 325 g/mol. The minimum absolute atomic E-state index is 0.0780. The van der Waals surface area contributed by atoms with E-state index < -0.39 is 8.32 Å². The van der Waals surface area contributed by atoms with E-state index in [0.29, 0.717) is 24.4 Å². The molecule has 2 aliphatic rings. The normalized spacial score (nSPS) is 27.7. The average Bonchev–Trinajstić information content (AvgIpc) is 2.79. The largest absolute Gasteiger partial charge is 0.458 e. The van der Waals surface area contributed by atoms with Crippen molar-refractivity contribution in [1.29, 1.82) is 0 Å². The summed E-state index contributed by atoms with van der Waals surface area (Å²) in [6.07, 6.45) is 2.24. The van der Waals surface area contributed by atoms with Crippen LogP contribution in [0.5, 0.6) is 0 Å². The Bertz CT molecular complexity index is 473. The van der Waals surface area contributed by atoms with Crippen LogP contribution in [0.15, 0.2) is 11.1 Å². The van der Waals surface area contributed by atoms with Gasteiger partial charge in [0.15, 0.2) is 8.32 Å². The number of esters is 1. The van der Waals surface area contributed by atoms with Gasteiger partial charge in [-0.05, 0) is 54.3 Å². The first-order chi connectivity index (χ1) is 10.0. The molecular formula is C18H32O3Si. The number of carbonyl (C=O) groups excluding carboxylic acids is 1. The van der Waals surface area contributed by atoms with E-state index >= 15 is 0 Å². The Morgan fingerprint density at radius 2 is 1.95 bits per heavy atom. The summed E-state index contributed by atoms with van der Waals surface area (Å²) in [4.78, 5) is 12.1. The van der Waals surface area contributed by atoms with Crippen molar-refractivity contribution in [3.8, 4) is 0 Å². The third-order valence-corrected chi connectivity index (χ3v) is 10.5. The molecule has 0 radical (unpaired) electrons. The van der Waals surface area contributed by atoms with E-state index in [1.165, 1.54) is 5.57 Å². The SMILES string of the molecule is C[C@H]1CC[C@H]([C@@H](C)CO[Si](C)(C)C(C)(C)C)C2=C1COC2=O. The van der Waals surface area contributed by atoms with Crippen LogP contribution in [-0.2, 0) is 14.0 Å². The molecule has 1 aliphatic carbocycles. The molecule has 0 aromatic carbocycles. The van der Waals surface area contributed by atoms with Crippen LogP contribution in [0.25, 0.3) is 0 Å². The molecule has 2 rings (SSSR count). The Kier molecular flexibility index (Phi) is 4.93. The summed E-state index contributed by atoms with van der Waals surface area (Å²) in [5.41, 5.74) is 2.23. The first kappa shape index (κ1) is 17.7. The van der Waals surface area contributed by atoms with Gasteiger partial charge in [0.05, 0.1) is 0 Å². The molecule has 1 heterocycles. The van der Waals surface area contributed by atoms with Crippen LogP contribution >= 0.6 is 0 Å². The highest BCUT2D eigenvalue weighted by Crippen LogP contribution is 2.43. The van der Waals surface area contributed by atoms with E-state index in [1.807, 2.05) is 0 Å². The number of cyclic esters (lactones) is 1. The zero-order valence-electron chi connectivity index (χ0n) is 15.3. The molecule has 0 spiro atoms. The molecule has 0 unspecified atom stereocenters. The summed E-state index contributed by atoms with van der Waals surface area (Å²) >= 11 is 0. The molecule has 126 valence electrons. The van der Waals surface area contributed by atoms with Gasteiger partial charge in [0.1, 0.15) is 6.61 Å². The molecule has 0 amide bonds. The van der Waals surface area contributed by atoms with Gasteiger partial charge in [0.25, 0.3) is 0 Å². The van der Waals surface area contributed by atoms with Crippen molar-refractivity contribution in [2.75, 3.05) is 13.2 Å². The van der Waals surface area contributed by atoms with Crippen LogP contribution in [0.4, 0.5) is 0 Å². The number of hydrogen-bond acceptors (Lipinski definition) is 3. The third-order valence-electron chi connectivity index (χ3n) is 6.00. The standard InChI is InChI=1S/C18H32O3Si/c1-12-8-9-14(16-15(12)11-20-17(16)19)13(2)10-21-22(6,7)18(3,4)5/h12-14H,8-11H2,1-7H3/t12-,13-,14+/m0/s1. The van der Waals surface area contributed by atoms with E-state index in [0.717, 1.165) is 25.0 Å². The highest BCUT2D eigenvalue weighted by molar-refractivity contribution is 6.74. The first-order valence-electron chi connectivity index (χ1n) is 8.58. The maximum Gasteiger partial charge on any atom is 0.334 e. The zero-order chi connectivity index (χ0) is 16.7. The molecule has 0 N–H and O–H groups in total. The Morgan fingerprint density at radius 3 is 2.55 bits per heavy atom. The van der Waals surface area contributed by atoms with Gasteiger partial charge in [-0.25, -0.2) is 4.79 Å². The lowest BCUT2D eigenvalue weighted by atomic mass is 9.73. The fourth-order valence-electron chi connectivity index (χ4n) is 3.22. The van der Waals surface area contributed by atoms with Crippen LogP contribution in [0.1, 0.15) is 47.5 Å². The topological polar surface area (TPSA) is 35.5 Å². The van der Waals surface area contributed by atoms with E-state index in [4.69, 9.17) is 9.16 Å². The van der Waals surface area contributed by atoms with E-state index in [1.54, 1.807) is 0 Å². The van der Waals surface area contributed by atoms with E-state index in [9.17, 15) is 4.79 Å². The molecule has 0 bridgehead atoms. The smallest absolute Gasteiger partial charge is 0.334 e. The molecule has 1 aliphatic heterocycles. The lowest BCUT2D eigenvalue weighted by Crippen LogP contribution is -2.42. The third kappa shape index (κ3) is 3.33. The predicted molar refractivity (Wildman–Crippen MR) is 92.2 cm³/mol. The minimum atomic E-state index is -1.73. The molecular weight excluding hydrogens is 292 g/mol. The Balaban J connectivity index is 2.07. The van der Waals surface area contributed by atoms with Crippen molar-refractivity contribution < 1.29 is 14.0 Å². The first-order valence-corrected chi connectivity index (χ1v) is 11.5. The molecule has 3 atom stereocenters. The summed E-state index contributed by atoms with van der Waals surface area (Å²) in [7, 11) is -1.73. The Morgan fingerprint density at radius 1 is 1.32 bits per heavy atom. The second-order valence-corrected chi connectivity index (χ2v) is 13.5. The molecule has 4 heteroatoms. The maximum atomic E-state index is 12.1. The van der Waals surface area contributed by atoms with E-state index in [2.05, 4.69) is 47.7 Å². The molecule has 0 fully saturated rings. The van der Waals surface area contributed by atoms with Gasteiger partial charge in [-0.3, -0.25) is 0 Å². The van der Waals surface area contributed by atoms with Gasteiger partial charge < -0.3 is 9.16 Å². The van der Waals surface area contributed by atoms with Crippen LogP contribution in [0.3, 0.4) is 0 Å². The van der Waals surface area contributed by atoms with Crippen LogP contribution < -0.4 is 0 Å². The molecule has 0 aromatic rings. The molecule has 0 saturated carbocycles. The van der Waals surface area contributed by atoms with Gasteiger partial charge in [0.2, 0.25) is 0 Å². The van der Waals surface area contributed by atoms with Crippen molar-refractivity contribution in [3.63, 3.8) is 0 Å². The Labute approximate surface area is 136 Å². The highest BCUT2D eigenvalue weighted by atomic mass is 28.4. The van der Waals surface area contributed by atoms with Gasteiger partial charge in [0, 0.05) is 12.2 Å². The summed E-state index contributed by atoms with van der Waals surface area (Å²) in [5, 5.41) is 0.227. The monoisotopic (exact) mass is 324 g/mol. The van der Waals surface area contributed by atoms with Crippen molar-refractivity contribution in [3.05, 3.63) is 11.1 Å². The second kappa shape index (κ2) is 6.12. The lowest BCUT2D eigenvalue weighted by Gasteiger charge is -2.38. The fraction of sp³-hybridized carbons (Fsp3) is 0.833. The molecule has 0 aromatic heterocycles. The summed E-state index contributed by atoms with van der Waals surface area (Å²) < 4.78 is 11.7. The maximum absolute atomic E-state index is 12.1. The van der Waals surface area contributed by atoms with Gasteiger partial charge >= 0.3 is 5.97 Å². The fourth-order valence-corrected chi connectivity index (χ4v) is 4.33. The van der Waals surface area contributed by atoms with Gasteiger partial charge in [-0.1, -0.05) is 34.6 Å². The molecule has 22 heavy (non-hydrogen) atoms.